The Labute approximate surface area is 179 Å². The Bertz CT molecular complexity index is 848. The van der Waals surface area contributed by atoms with Gasteiger partial charge in [0.2, 0.25) is 0 Å². The molecule has 1 aromatic carbocycles. The lowest BCUT2D eigenvalue weighted by Crippen LogP contribution is -2.49. The van der Waals surface area contributed by atoms with Crippen molar-refractivity contribution in [2.45, 2.75) is 38.0 Å². The van der Waals surface area contributed by atoms with Crippen molar-refractivity contribution in [3.8, 4) is 0 Å². The summed E-state index contributed by atoms with van der Waals surface area (Å²) in [6.07, 6.45) is 3.21. The number of hydrogen-bond acceptors (Lipinski definition) is 6. The summed E-state index contributed by atoms with van der Waals surface area (Å²) in [4.78, 5) is 18.4. The Hall–Kier alpha value is -1.87. The molecule has 158 valence electrons. The Morgan fingerprint density at radius 3 is 2.48 bits per heavy atom. The lowest BCUT2D eigenvalue weighted by molar-refractivity contribution is -0.389. The molecule has 1 saturated heterocycles. The molecule has 0 aliphatic carbocycles. The van der Waals surface area contributed by atoms with Crippen molar-refractivity contribution in [3.05, 3.63) is 50.9 Å². The number of aromatic nitrogens is 2. The van der Waals surface area contributed by atoms with E-state index in [4.69, 9.17) is 23.2 Å². The van der Waals surface area contributed by atoms with Crippen molar-refractivity contribution in [1.29, 1.82) is 0 Å². The summed E-state index contributed by atoms with van der Waals surface area (Å²) in [6, 6.07) is 8.21. The van der Waals surface area contributed by atoms with Crippen LogP contribution in [0.1, 0.15) is 19.8 Å². The zero-order chi connectivity index (χ0) is 21.2. The highest BCUT2D eigenvalue weighted by Gasteiger charge is 2.31. The molecule has 29 heavy (non-hydrogen) atoms. The minimum atomic E-state index is -1.11. The van der Waals surface area contributed by atoms with Gasteiger partial charge in [-0.1, -0.05) is 11.6 Å². The van der Waals surface area contributed by atoms with Crippen LogP contribution >= 0.6 is 23.2 Å². The van der Waals surface area contributed by atoms with Crippen LogP contribution in [-0.4, -0.2) is 62.8 Å². The second-order valence-corrected chi connectivity index (χ2v) is 8.63. The van der Waals surface area contributed by atoms with Gasteiger partial charge in [0.25, 0.3) is 0 Å². The molecule has 10 heteroatoms. The maximum atomic E-state index is 10.9. The fourth-order valence-corrected chi connectivity index (χ4v) is 4.20. The van der Waals surface area contributed by atoms with E-state index < -0.39 is 10.5 Å². The largest absolute Gasteiger partial charge is 0.387 e. The highest BCUT2D eigenvalue weighted by atomic mass is 35.5. The molecule has 1 aliphatic heterocycles. The van der Waals surface area contributed by atoms with Gasteiger partial charge in [-0.25, -0.2) is 0 Å². The number of nitro groups is 1. The number of halogens is 2. The van der Waals surface area contributed by atoms with Crippen molar-refractivity contribution in [2.24, 2.45) is 0 Å². The molecule has 2 aromatic rings. The van der Waals surface area contributed by atoms with Crippen LogP contribution in [0, 0.1) is 10.1 Å². The molecule has 1 aromatic heterocycles. The minimum absolute atomic E-state index is 0.00380. The van der Waals surface area contributed by atoms with Crippen molar-refractivity contribution in [1.82, 2.24) is 14.5 Å². The molecular formula is C19H25Cl2N5O3. The number of nitrogens with zero attached hydrogens (tertiary/aromatic N) is 5. The van der Waals surface area contributed by atoms with E-state index >= 15 is 0 Å². The van der Waals surface area contributed by atoms with E-state index in [-0.39, 0.29) is 17.6 Å². The summed E-state index contributed by atoms with van der Waals surface area (Å²) in [7, 11) is 2.00. The van der Waals surface area contributed by atoms with Gasteiger partial charge in [0.15, 0.2) is 0 Å². The molecule has 0 bridgehead atoms. The predicted octanol–water partition coefficient (Wildman–Crippen LogP) is 3.45. The number of hydrogen-bond donors (Lipinski definition) is 1. The van der Waals surface area contributed by atoms with Crippen molar-refractivity contribution in [2.75, 3.05) is 31.6 Å². The minimum Gasteiger partial charge on any atom is -0.387 e. The van der Waals surface area contributed by atoms with E-state index in [1.807, 2.05) is 31.3 Å². The quantitative estimate of drug-likeness (QED) is 0.522. The van der Waals surface area contributed by atoms with Crippen LogP contribution in [0.3, 0.4) is 0 Å². The molecular weight excluding hydrogens is 417 g/mol. The normalized spacial score (nSPS) is 17.5. The lowest BCUT2D eigenvalue weighted by Gasteiger charge is -2.40. The van der Waals surface area contributed by atoms with Gasteiger partial charge in [-0.3, -0.25) is 4.57 Å². The summed E-state index contributed by atoms with van der Waals surface area (Å²) >= 11 is 11.9. The van der Waals surface area contributed by atoms with Gasteiger partial charge in [0, 0.05) is 36.4 Å². The Morgan fingerprint density at radius 2 is 1.93 bits per heavy atom. The summed E-state index contributed by atoms with van der Waals surface area (Å²) in [5.41, 5.74) is 0.0548. The Balaban J connectivity index is 1.55. The first-order chi connectivity index (χ1) is 13.6. The van der Waals surface area contributed by atoms with E-state index in [1.165, 1.54) is 16.5 Å². The summed E-state index contributed by atoms with van der Waals surface area (Å²) in [6.45, 7) is 4.10. The van der Waals surface area contributed by atoms with Gasteiger partial charge in [0.1, 0.15) is 6.20 Å². The first kappa shape index (κ1) is 21.8. The van der Waals surface area contributed by atoms with Crippen LogP contribution in [0.4, 0.5) is 11.5 Å². The van der Waals surface area contributed by atoms with Crippen molar-refractivity contribution in [3.63, 3.8) is 0 Å². The van der Waals surface area contributed by atoms with E-state index in [0.717, 1.165) is 31.0 Å². The third-order valence-electron chi connectivity index (χ3n) is 5.28. The van der Waals surface area contributed by atoms with Gasteiger partial charge in [-0.15, -0.1) is 0 Å². The Morgan fingerprint density at radius 1 is 1.31 bits per heavy atom. The maximum absolute atomic E-state index is 10.9. The molecule has 0 amide bonds. The van der Waals surface area contributed by atoms with E-state index in [1.54, 1.807) is 6.92 Å². The highest BCUT2D eigenvalue weighted by Crippen LogP contribution is 2.25. The highest BCUT2D eigenvalue weighted by molar-refractivity contribution is 6.30. The number of benzene rings is 1. The average Bonchev–Trinajstić information content (AvgIpc) is 3.02. The second kappa shape index (κ2) is 8.87. The first-order valence-corrected chi connectivity index (χ1v) is 10.2. The third-order valence-corrected chi connectivity index (χ3v) is 5.84. The number of rotatable bonds is 7. The van der Waals surface area contributed by atoms with Crippen LogP contribution in [0.5, 0.6) is 0 Å². The van der Waals surface area contributed by atoms with Gasteiger partial charge >= 0.3 is 11.1 Å². The topological polar surface area (TPSA) is 87.7 Å². The summed E-state index contributed by atoms with van der Waals surface area (Å²) in [5, 5.41) is 22.4. The van der Waals surface area contributed by atoms with Crippen LogP contribution in [0.2, 0.25) is 10.3 Å². The fourth-order valence-electron chi connectivity index (χ4n) is 3.88. The van der Waals surface area contributed by atoms with E-state index in [9.17, 15) is 15.2 Å². The van der Waals surface area contributed by atoms with E-state index in [2.05, 4.69) is 14.8 Å². The van der Waals surface area contributed by atoms with Gasteiger partial charge in [-0.05, 0) is 72.6 Å². The van der Waals surface area contributed by atoms with Crippen molar-refractivity contribution < 1.29 is 10.0 Å². The fraction of sp³-hybridized carbons (Fsp3) is 0.526. The molecule has 8 nitrogen and oxygen atoms in total. The molecule has 0 radical (unpaired) electrons. The van der Waals surface area contributed by atoms with Crippen molar-refractivity contribution >= 4 is 34.7 Å². The number of imidazole rings is 1. The average molecular weight is 442 g/mol. The standard InChI is InChI=1S/C19H25Cl2N5O3/c1-19(27,13-25-11-17(26(28)29)22-18(25)21)12-23(2)15-7-9-24(10-8-15)16-5-3-14(20)4-6-16/h3-6,11,15,27H,7-10,12-13H2,1-2H3. The van der Waals surface area contributed by atoms with Crippen LogP contribution in [0.15, 0.2) is 30.5 Å². The van der Waals surface area contributed by atoms with Crippen LogP contribution in [0.25, 0.3) is 0 Å². The first-order valence-electron chi connectivity index (χ1n) is 9.45. The molecule has 0 saturated carbocycles. The second-order valence-electron chi connectivity index (χ2n) is 7.86. The molecule has 1 N–H and O–H groups in total. The van der Waals surface area contributed by atoms with E-state index in [0.29, 0.717) is 12.6 Å². The molecule has 0 spiro atoms. The maximum Gasteiger partial charge on any atom is 0.383 e. The zero-order valence-corrected chi connectivity index (χ0v) is 18.0. The van der Waals surface area contributed by atoms with Crippen LogP contribution < -0.4 is 4.90 Å². The summed E-state index contributed by atoms with van der Waals surface area (Å²) in [5.74, 6) is -0.325. The van der Waals surface area contributed by atoms with Gasteiger partial charge in [0.05, 0.1) is 12.1 Å². The smallest absolute Gasteiger partial charge is 0.383 e. The monoisotopic (exact) mass is 441 g/mol. The number of aliphatic hydroxyl groups is 1. The molecule has 2 heterocycles. The van der Waals surface area contributed by atoms with Crippen LogP contribution in [-0.2, 0) is 6.54 Å². The number of piperidine rings is 1. The number of likely N-dealkylation sites (N-methyl/N-ethyl adjacent to an activating group) is 1. The molecule has 1 unspecified atom stereocenters. The number of anilines is 1. The lowest BCUT2D eigenvalue weighted by atomic mass is 10.00. The zero-order valence-electron chi connectivity index (χ0n) is 16.5. The van der Waals surface area contributed by atoms with Gasteiger partial charge < -0.3 is 25.0 Å². The van der Waals surface area contributed by atoms with Gasteiger partial charge in [-0.2, -0.15) is 0 Å². The Kier molecular flexibility index (Phi) is 6.68. The SMILES string of the molecule is CN(CC(C)(O)Cn1cc([N+](=O)[O-])nc1Cl)C1CCN(c2ccc(Cl)cc2)CC1. The molecule has 1 fully saturated rings. The molecule has 1 aliphatic rings. The third kappa shape index (κ3) is 5.60. The molecule has 3 rings (SSSR count). The predicted molar refractivity (Wildman–Crippen MR) is 114 cm³/mol. The molecule has 1 atom stereocenters. The summed E-state index contributed by atoms with van der Waals surface area (Å²) < 4.78 is 1.41.